The average Bonchev–Trinajstić information content (AvgIpc) is 3.45. The van der Waals surface area contributed by atoms with E-state index in [4.69, 9.17) is 0 Å². The Hall–Kier alpha value is -6.12. The zero-order valence-electron chi connectivity index (χ0n) is 25.2. The van der Waals surface area contributed by atoms with Gasteiger partial charge in [-0.15, -0.1) is 0 Å². The van der Waals surface area contributed by atoms with Crippen LogP contribution in [0, 0.1) is 0 Å². The Labute approximate surface area is 267 Å². The van der Waals surface area contributed by atoms with Gasteiger partial charge in [-0.1, -0.05) is 127 Å². The lowest BCUT2D eigenvalue weighted by atomic mass is 9.96. The molecule has 2 nitrogen and oxygen atoms in total. The Balaban J connectivity index is 1.19. The first-order valence-electron chi connectivity index (χ1n) is 15.8. The highest BCUT2D eigenvalue weighted by atomic mass is 15.0. The largest absolute Gasteiger partial charge is 0.355 e. The maximum absolute atomic E-state index is 3.73. The maximum Gasteiger partial charge on any atom is 0.0541 e. The van der Waals surface area contributed by atoms with Crippen molar-refractivity contribution < 1.29 is 0 Å². The summed E-state index contributed by atoms with van der Waals surface area (Å²) in [7, 11) is 0. The van der Waals surface area contributed by atoms with Gasteiger partial charge in [-0.05, 0) is 81.4 Å². The van der Waals surface area contributed by atoms with Gasteiger partial charge in [0.25, 0.3) is 0 Å². The lowest BCUT2D eigenvalue weighted by Gasteiger charge is -2.15. The van der Waals surface area contributed by atoms with Crippen molar-refractivity contribution in [2.75, 3.05) is 5.32 Å². The Morgan fingerprint density at radius 3 is 1.93 bits per heavy atom. The molecular weight excluding hydrogens is 556 g/mol. The number of aromatic nitrogens is 1. The van der Waals surface area contributed by atoms with Crippen molar-refractivity contribution in [1.29, 1.82) is 0 Å². The number of benzene rings is 8. The van der Waals surface area contributed by atoms with Gasteiger partial charge in [0, 0.05) is 33.1 Å². The molecule has 0 aliphatic rings. The first kappa shape index (κ1) is 26.3. The highest BCUT2D eigenvalue weighted by Gasteiger charge is 2.16. The summed E-state index contributed by atoms with van der Waals surface area (Å²) in [6.07, 6.45) is 0. The van der Waals surface area contributed by atoms with E-state index in [2.05, 4.69) is 186 Å². The Morgan fingerprint density at radius 1 is 0.370 bits per heavy atom. The van der Waals surface area contributed by atoms with E-state index >= 15 is 0 Å². The molecule has 0 bridgehead atoms. The Morgan fingerprint density at radius 2 is 1.04 bits per heavy atom. The number of para-hydroxylation sites is 1. The number of fused-ring (bicyclic) bond motifs is 5. The SMILES string of the molecule is c1ccc(-c2cc(-c3ccc4c(c3)c3ccccc3n4-c3cccc4ccccc34)ccc2Nc2ccc3ccccc3c2)cc1. The van der Waals surface area contributed by atoms with Crippen LogP contribution in [0.15, 0.2) is 176 Å². The molecule has 0 fully saturated rings. The van der Waals surface area contributed by atoms with Crippen LogP contribution in [0.1, 0.15) is 0 Å². The summed E-state index contributed by atoms with van der Waals surface area (Å²) in [5, 5.41) is 11.2. The molecule has 0 spiro atoms. The third kappa shape index (κ3) is 4.43. The summed E-state index contributed by atoms with van der Waals surface area (Å²) in [5.41, 5.74) is 10.5. The van der Waals surface area contributed by atoms with E-state index in [-0.39, 0.29) is 0 Å². The first-order valence-corrected chi connectivity index (χ1v) is 15.8. The first-order chi connectivity index (χ1) is 22.8. The predicted octanol–water partition coefficient (Wildman–Crippen LogP) is 12.2. The molecule has 8 aromatic carbocycles. The predicted molar refractivity (Wildman–Crippen MR) is 196 cm³/mol. The zero-order chi connectivity index (χ0) is 30.5. The highest BCUT2D eigenvalue weighted by Crippen LogP contribution is 2.39. The monoisotopic (exact) mass is 586 g/mol. The molecule has 9 rings (SSSR count). The second-order valence-electron chi connectivity index (χ2n) is 11.9. The van der Waals surface area contributed by atoms with Crippen molar-refractivity contribution in [2.45, 2.75) is 0 Å². The topological polar surface area (TPSA) is 17.0 Å². The molecule has 2 heteroatoms. The molecule has 46 heavy (non-hydrogen) atoms. The zero-order valence-corrected chi connectivity index (χ0v) is 25.2. The summed E-state index contributed by atoms with van der Waals surface area (Å²) in [5.74, 6) is 0. The van der Waals surface area contributed by atoms with Crippen molar-refractivity contribution in [3.8, 4) is 27.9 Å². The van der Waals surface area contributed by atoms with Crippen molar-refractivity contribution in [3.05, 3.63) is 176 Å². The van der Waals surface area contributed by atoms with E-state index in [1.165, 1.54) is 71.3 Å². The van der Waals surface area contributed by atoms with Gasteiger partial charge in [0.1, 0.15) is 0 Å². The van der Waals surface area contributed by atoms with Crippen LogP contribution < -0.4 is 5.32 Å². The van der Waals surface area contributed by atoms with Gasteiger partial charge >= 0.3 is 0 Å². The normalized spacial score (nSPS) is 11.5. The van der Waals surface area contributed by atoms with Gasteiger partial charge in [-0.25, -0.2) is 0 Å². The quantitative estimate of drug-likeness (QED) is 0.212. The Bertz CT molecular complexity index is 2550. The molecule has 216 valence electrons. The molecular formula is C44H30N2. The van der Waals surface area contributed by atoms with E-state index in [1.54, 1.807) is 0 Å². The molecule has 1 aromatic heterocycles. The van der Waals surface area contributed by atoms with Gasteiger partial charge in [0.15, 0.2) is 0 Å². The number of anilines is 2. The summed E-state index contributed by atoms with van der Waals surface area (Å²) >= 11 is 0. The summed E-state index contributed by atoms with van der Waals surface area (Å²) < 4.78 is 2.42. The van der Waals surface area contributed by atoms with Crippen LogP contribution in [0.4, 0.5) is 11.4 Å². The minimum absolute atomic E-state index is 1.08. The van der Waals surface area contributed by atoms with Crippen molar-refractivity contribution in [2.24, 2.45) is 0 Å². The third-order valence-electron chi connectivity index (χ3n) is 9.15. The molecule has 0 radical (unpaired) electrons. The summed E-state index contributed by atoms with van der Waals surface area (Å²) in [6, 6.07) is 63.4. The fourth-order valence-corrected chi connectivity index (χ4v) is 6.93. The average molecular weight is 587 g/mol. The van der Waals surface area contributed by atoms with Gasteiger partial charge in [0.2, 0.25) is 0 Å². The molecule has 0 aliphatic carbocycles. The van der Waals surface area contributed by atoms with Gasteiger partial charge in [-0.2, -0.15) is 0 Å². The fourth-order valence-electron chi connectivity index (χ4n) is 6.93. The van der Waals surface area contributed by atoms with E-state index in [9.17, 15) is 0 Å². The molecule has 9 aromatic rings. The summed E-state index contributed by atoms with van der Waals surface area (Å²) in [4.78, 5) is 0. The number of hydrogen-bond donors (Lipinski definition) is 1. The number of rotatable bonds is 5. The van der Waals surface area contributed by atoms with E-state index in [1.807, 2.05) is 0 Å². The molecule has 0 aliphatic heterocycles. The van der Waals surface area contributed by atoms with E-state index in [0.29, 0.717) is 0 Å². The van der Waals surface area contributed by atoms with Gasteiger partial charge in [0.05, 0.1) is 16.7 Å². The van der Waals surface area contributed by atoms with Gasteiger partial charge < -0.3 is 9.88 Å². The van der Waals surface area contributed by atoms with Crippen LogP contribution in [0.5, 0.6) is 0 Å². The minimum Gasteiger partial charge on any atom is -0.355 e. The van der Waals surface area contributed by atoms with Crippen LogP contribution in [0.25, 0.3) is 71.3 Å². The summed E-state index contributed by atoms with van der Waals surface area (Å²) in [6.45, 7) is 0. The molecule has 0 atom stereocenters. The lowest BCUT2D eigenvalue weighted by Crippen LogP contribution is -1.95. The fraction of sp³-hybridized carbons (Fsp3) is 0. The molecule has 0 saturated heterocycles. The van der Waals surface area contributed by atoms with Crippen LogP contribution in [0.2, 0.25) is 0 Å². The number of hydrogen-bond acceptors (Lipinski definition) is 1. The molecule has 0 unspecified atom stereocenters. The molecule has 0 saturated carbocycles. The standard InChI is InChI=1S/C44H30N2/c1-2-12-32(13-3-1)39-28-34(22-25-41(39)45-36-24-21-30-11-4-5-15-33(30)27-36)35-23-26-44-40(29-35)38-18-8-9-19-43(38)46(44)42-20-10-16-31-14-6-7-17-37(31)42/h1-29,45H. The number of nitrogens with one attached hydrogen (secondary N) is 1. The van der Waals surface area contributed by atoms with Crippen molar-refractivity contribution in [1.82, 2.24) is 4.57 Å². The van der Waals surface area contributed by atoms with Gasteiger partial charge in [-0.3, -0.25) is 0 Å². The van der Waals surface area contributed by atoms with Crippen molar-refractivity contribution in [3.63, 3.8) is 0 Å². The molecule has 1 heterocycles. The highest BCUT2D eigenvalue weighted by molar-refractivity contribution is 6.11. The molecule has 0 amide bonds. The maximum atomic E-state index is 3.73. The minimum atomic E-state index is 1.08. The van der Waals surface area contributed by atoms with Crippen LogP contribution in [0.3, 0.4) is 0 Å². The van der Waals surface area contributed by atoms with E-state index in [0.717, 1.165) is 11.4 Å². The lowest BCUT2D eigenvalue weighted by molar-refractivity contribution is 1.20. The smallest absolute Gasteiger partial charge is 0.0541 e. The second-order valence-corrected chi connectivity index (χ2v) is 11.9. The number of nitrogens with zero attached hydrogens (tertiary/aromatic N) is 1. The van der Waals surface area contributed by atoms with E-state index < -0.39 is 0 Å². The second kappa shape index (κ2) is 10.8. The van der Waals surface area contributed by atoms with Crippen LogP contribution >= 0.6 is 0 Å². The van der Waals surface area contributed by atoms with Crippen LogP contribution in [-0.2, 0) is 0 Å². The van der Waals surface area contributed by atoms with Crippen molar-refractivity contribution >= 4 is 54.7 Å². The Kier molecular flexibility index (Phi) is 6.17. The third-order valence-corrected chi connectivity index (χ3v) is 9.15. The van der Waals surface area contributed by atoms with Crippen LogP contribution in [-0.4, -0.2) is 4.57 Å². The molecule has 1 N–H and O–H groups in total.